The topological polar surface area (TPSA) is 42.0 Å². The first kappa shape index (κ1) is 18.4. The smallest absolute Gasteiger partial charge is 0.236 e. The minimum absolute atomic E-state index is 0.172. The molecule has 0 N–H and O–H groups in total. The Labute approximate surface area is 129 Å². The summed E-state index contributed by atoms with van der Waals surface area (Å²) in [5, 5.41) is 0. The van der Waals surface area contributed by atoms with Gasteiger partial charge < -0.3 is 14.4 Å². The molecule has 0 saturated carbocycles. The van der Waals surface area contributed by atoms with E-state index in [1.807, 2.05) is 20.9 Å². The summed E-state index contributed by atoms with van der Waals surface area (Å²) in [5.74, 6) is 0.172. The molecule has 0 unspecified atom stereocenters. The normalized spacial score (nSPS) is 17.7. The van der Waals surface area contributed by atoms with Crippen LogP contribution in [0.3, 0.4) is 0 Å². The highest BCUT2D eigenvalue weighted by atomic mass is 16.5. The van der Waals surface area contributed by atoms with Crippen LogP contribution in [0.15, 0.2) is 0 Å². The van der Waals surface area contributed by atoms with Crippen LogP contribution in [-0.4, -0.2) is 73.9 Å². The molecule has 1 amide bonds. The zero-order valence-corrected chi connectivity index (χ0v) is 14.3. The molecule has 1 saturated heterocycles. The van der Waals surface area contributed by atoms with Crippen molar-refractivity contribution in [1.29, 1.82) is 0 Å². The molecule has 124 valence electrons. The SMILES string of the molecule is CC(C)OCCN(C)C(=O)CN1CCC(OC(C)C)CC1. The van der Waals surface area contributed by atoms with E-state index in [1.54, 1.807) is 4.90 Å². The maximum atomic E-state index is 12.1. The van der Waals surface area contributed by atoms with Crippen LogP contribution in [-0.2, 0) is 14.3 Å². The molecular weight excluding hydrogens is 268 g/mol. The summed E-state index contributed by atoms with van der Waals surface area (Å²) < 4.78 is 11.3. The number of ether oxygens (including phenoxy) is 2. The molecule has 0 aromatic carbocycles. The number of amides is 1. The maximum Gasteiger partial charge on any atom is 0.236 e. The van der Waals surface area contributed by atoms with Crippen molar-refractivity contribution in [2.24, 2.45) is 0 Å². The van der Waals surface area contributed by atoms with E-state index in [-0.39, 0.29) is 18.1 Å². The Morgan fingerprint density at radius 1 is 1.19 bits per heavy atom. The number of rotatable bonds is 8. The summed E-state index contributed by atoms with van der Waals surface area (Å²) in [5.41, 5.74) is 0. The van der Waals surface area contributed by atoms with Crippen LogP contribution >= 0.6 is 0 Å². The van der Waals surface area contributed by atoms with Crippen molar-refractivity contribution in [3.05, 3.63) is 0 Å². The Morgan fingerprint density at radius 3 is 2.33 bits per heavy atom. The Morgan fingerprint density at radius 2 is 1.81 bits per heavy atom. The molecule has 1 rings (SSSR count). The second-order valence-corrected chi connectivity index (χ2v) is 6.40. The molecule has 0 aromatic heterocycles. The summed E-state index contributed by atoms with van der Waals surface area (Å²) in [6.45, 7) is 11.8. The van der Waals surface area contributed by atoms with Crippen molar-refractivity contribution in [3.8, 4) is 0 Å². The predicted molar refractivity (Wildman–Crippen MR) is 84.4 cm³/mol. The van der Waals surface area contributed by atoms with Crippen molar-refractivity contribution in [3.63, 3.8) is 0 Å². The van der Waals surface area contributed by atoms with Crippen LogP contribution in [0, 0.1) is 0 Å². The number of likely N-dealkylation sites (tertiary alicyclic amines) is 1. The number of hydrogen-bond donors (Lipinski definition) is 0. The lowest BCUT2D eigenvalue weighted by molar-refractivity contribution is -0.132. The van der Waals surface area contributed by atoms with Gasteiger partial charge >= 0.3 is 0 Å². The molecule has 5 heteroatoms. The number of hydrogen-bond acceptors (Lipinski definition) is 4. The average Bonchev–Trinajstić information content (AvgIpc) is 2.39. The summed E-state index contributed by atoms with van der Waals surface area (Å²) in [4.78, 5) is 16.1. The molecule has 21 heavy (non-hydrogen) atoms. The van der Waals surface area contributed by atoms with E-state index in [9.17, 15) is 4.79 Å². The first-order valence-corrected chi connectivity index (χ1v) is 8.12. The zero-order chi connectivity index (χ0) is 15.8. The van der Waals surface area contributed by atoms with Gasteiger partial charge in [-0.2, -0.15) is 0 Å². The minimum atomic E-state index is 0.172. The molecular formula is C16H32N2O3. The van der Waals surface area contributed by atoms with Gasteiger partial charge in [0.05, 0.1) is 31.5 Å². The molecule has 1 aliphatic heterocycles. The first-order valence-electron chi connectivity index (χ1n) is 8.12. The van der Waals surface area contributed by atoms with E-state index >= 15 is 0 Å². The third-order valence-corrected chi connectivity index (χ3v) is 3.66. The number of piperidine rings is 1. The van der Waals surface area contributed by atoms with Crippen LogP contribution in [0.25, 0.3) is 0 Å². The second kappa shape index (κ2) is 9.38. The highest BCUT2D eigenvalue weighted by Crippen LogP contribution is 2.15. The molecule has 1 aliphatic rings. The monoisotopic (exact) mass is 300 g/mol. The van der Waals surface area contributed by atoms with Crippen molar-refractivity contribution in [2.45, 2.75) is 58.8 Å². The second-order valence-electron chi connectivity index (χ2n) is 6.40. The zero-order valence-electron chi connectivity index (χ0n) is 14.3. The van der Waals surface area contributed by atoms with Crippen molar-refractivity contribution in [2.75, 3.05) is 39.8 Å². The highest BCUT2D eigenvalue weighted by molar-refractivity contribution is 5.77. The molecule has 0 aromatic rings. The van der Waals surface area contributed by atoms with Gasteiger partial charge in [0.25, 0.3) is 0 Å². The molecule has 0 spiro atoms. The van der Waals surface area contributed by atoms with Crippen molar-refractivity contribution >= 4 is 5.91 Å². The summed E-state index contributed by atoms with van der Waals surface area (Å²) in [6.07, 6.45) is 2.90. The third kappa shape index (κ3) is 7.79. The first-order chi connectivity index (χ1) is 9.88. The van der Waals surface area contributed by atoms with E-state index in [4.69, 9.17) is 9.47 Å². The number of nitrogens with zero attached hydrogens (tertiary/aromatic N) is 2. The maximum absolute atomic E-state index is 12.1. The third-order valence-electron chi connectivity index (χ3n) is 3.66. The van der Waals surface area contributed by atoms with Gasteiger partial charge in [0, 0.05) is 26.7 Å². The Bertz CT molecular complexity index is 300. The summed E-state index contributed by atoms with van der Waals surface area (Å²) in [7, 11) is 1.85. The predicted octanol–water partition coefficient (Wildman–Crippen LogP) is 1.76. The largest absolute Gasteiger partial charge is 0.377 e. The van der Waals surface area contributed by atoms with Gasteiger partial charge in [-0.05, 0) is 40.5 Å². The molecule has 0 bridgehead atoms. The fourth-order valence-electron chi connectivity index (χ4n) is 2.45. The Hall–Kier alpha value is -0.650. The summed E-state index contributed by atoms with van der Waals surface area (Å²) in [6, 6.07) is 0. The number of carbonyl (C=O) groups is 1. The lowest BCUT2D eigenvalue weighted by Crippen LogP contribution is -2.44. The van der Waals surface area contributed by atoms with Gasteiger partial charge in [-0.15, -0.1) is 0 Å². The number of carbonyl (C=O) groups excluding carboxylic acids is 1. The molecule has 1 heterocycles. The van der Waals surface area contributed by atoms with Crippen molar-refractivity contribution in [1.82, 2.24) is 9.80 Å². The van der Waals surface area contributed by atoms with E-state index in [1.165, 1.54) is 0 Å². The van der Waals surface area contributed by atoms with E-state index < -0.39 is 0 Å². The van der Waals surface area contributed by atoms with Crippen LogP contribution < -0.4 is 0 Å². The summed E-state index contributed by atoms with van der Waals surface area (Å²) >= 11 is 0. The van der Waals surface area contributed by atoms with Gasteiger partial charge in [-0.3, -0.25) is 9.69 Å². The Balaban J connectivity index is 2.20. The van der Waals surface area contributed by atoms with Gasteiger partial charge in [0.2, 0.25) is 5.91 Å². The lowest BCUT2D eigenvalue weighted by Gasteiger charge is -2.33. The lowest BCUT2D eigenvalue weighted by atomic mass is 10.1. The fourth-order valence-corrected chi connectivity index (χ4v) is 2.45. The van der Waals surface area contributed by atoms with Gasteiger partial charge in [0.15, 0.2) is 0 Å². The van der Waals surface area contributed by atoms with Gasteiger partial charge in [0.1, 0.15) is 0 Å². The highest BCUT2D eigenvalue weighted by Gasteiger charge is 2.22. The standard InChI is InChI=1S/C16H32N2O3/c1-13(2)20-11-10-17(5)16(19)12-18-8-6-15(7-9-18)21-14(3)4/h13-15H,6-12H2,1-5H3. The van der Waals surface area contributed by atoms with E-state index in [0.717, 1.165) is 25.9 Å². The Kier molecular flexibility index (Phi) is 8.22. The quantitative estimate of drug-likeness (QED) is 0.685. The van der Waals surface area contributed by atoms with Crippen molar-refractivity contribution < 1.29 is 14.3 Å². The molecule has 1 fully saturated rings. The fraction of sp³-hybridized carbons (Fsp3) is 0.938. The van der Waals surface area contributed by atoms with Gasteiger partial charge in [-0.25, -0.2) is 0 Å². The van der Waals surface area contributed by atoms with Crippen LogP contribution in [0.2, 0.25) is 0 Å². The van der Waals surface area contributed by atoms with E-state index in [0.29, 0.717) is 25.8 Å². The van der Waals surface area contributed by atoms with Crippen LogP contribution in [0.4, 0.5) is 0 Å². The van der Waals surface area contributed by atoms with E-state index in [2.05, 4.69) is 18.7 Å². The average molecular weight is 300 g/mol. The molecule has 0 radical (unpaired) electrons. The molecule has 0 atom stereocenters. The van der Waals surface area contributed by atoms with Crippen LogP contribution in [0.5, 0.6) is 0 Å². The van der Waals surface area contributed by atoms with Crippen LogP contribution in [0.1, 0.15) is 40.5 Å². The molecule has 0 aliphatic carbocycles. The molecule has 5 nitrogen and oxygen atoms in total. The number of likely N-dealkylation sites (N-methyl/N-ethyl adjacent to an activating group) is 1. The minimum Gasteiger partial charge on any atom is -0.377 e. The van der Waals surface area contributed by atoms with Gasteiger partial charge in [-0.1, -0.05) is 0 Å².